The lowest BCUT2D eigenvalue weighted by Gasteiger charge is -2.00. The molecule has 1 aromatic rings. The van der Waals surface area contributed by atoms with Gasteiger partial charge in [0.1, 0.15) is 10.8 Å². The number of nitrogens with two attached hydrogens (primary N) is 2. The molecule has 4 heteroatoms. The molecule has 0 aliphatic rings. The minimum Gasteiger partial charge on any atom is -0.399 e. The number of nitrogen functional groups attached to an aromatic ring is 1. The second-order valence-corrected chi connectivity index (χ2v) is 2.54. The SMILES string of the molecule is NC(=S)c1cc(N)ccc1F. The van der Waals surface area contributed by atoms with Crippen LogP contribution in [0.25, 0.3) is 0 Å². The maximum absolute atomic E-state index is 12.8. The molecule has 58 valence electrons. The maximum atomic E-state index is 12.8. The van der Waals surface area contributed by atoms with Gasteiger partial charge in [0.05, 0.1) is 0 Å². The van der Waals surface area contributed by atoms with Crippen molar-refractivity contribution in [3.63, 3.8) is 0 Å². The van der Waals surface area contributed by atoms with Gasteiger partial charge >= 0.3 is 0 Å². The van der Waals surface area contributed by atoms with Crippen molar-refractivity contribution in [1.29, 1.82) is 0 Å². The van der Waals surface area contributed by atoms with Crippen LogP contribution in [0.2, 0.25) is 0 Å². The fraction of sp³-hybridized carbons (Fsp3) is 0. The first-order chi connectivity index (χ1) is 5.11. The van der Waals surface area contributed by atoms with E-state index in [0.717, 1.165) is 0 Å². The van der Waals surface area contributed by atoms with Gasteiger partial charge in [0.2, 0.25) is 0 Å². The predicted molar refractivity (Wildman–Crippen MR) is 46.7 cm³/mol. The number of hydrogen-bond acceptors (Lipinski definition) is 2. The Morgan fingerprint density at radius 2 is 2.09 bits per heavy atom. The molecule has 0 heterocycles. The van der Waals surface area contributed by atoms with Gasteiger partial charge < -0.3 is 11.5 Å². The van der Waals surface area contributed by atoms with Crippen LogP contribution in [0.4, 0.5) is 10.1 Å². The lowest BCUT2D eigenvalue weighted by Crippen LogP contribution is -2.11. The van der Waals surface area contributed by atoms with E-state index in [9.17, 15) is 4.39 Å². The van der Waals surface area contributed by atoms with Crippen molar-refractivity contribution in [2.24, 2.45) is 5.73 Å². The highest BCUT2D eigenvalue weighted by atomic mass is 32.1. The summed E-state index contributed by atoms with van der Waals surface area (Å²) in [6.07, 6.45) is 0. The zero-order chi connectivity index (χ0) is 8.43. The summed E-state index contributed by atoms with van der Waals surface area (Å²) in [6.45, 7) is 0. The van der Waals surface area contributed by atoms with Gasteiger partial charge in [0.25, 0.3) is 0 Å². The average molecular weight is 170 g/mol. The van der Waals surface area contributed by atoms with E-state index in [2.05, 4.69) is 12.2 Å². The van der Waals surface area contributed by atoms with E-state index in [1.165, 1.54) is 18.2 Å². The molecule has 0 radical (unpaired) electrons. The number of benzene rings is 1. The fourth-order valence-electron chi connectivity index (χ4n) is 0.732. The van der Waals surface area contributed by atoms with Crippen molar-refractivity contribution >= 4 is 22.9 Å². The molecule has 0 saturated carbocycles. The van der Waals surface area contributed by atoms with Crippen LogP contribution in [-0.2, 0) is 0 Å². The predicted octanol–water partition coefficient (Wildman–Crippen LogP) is 1.04. The lowest BCUT2D eigenvalue weighted by atomic mass is 10.2. The molecule has 0 unspecified atom stereocenters. The average Bonchev–Trinajstić information content (AvgIpc) is 1.94. The Balaban J connectivity index is 3.23. The molecule has 0 saturated heterocycles. The van der Waals surface area contributed by atoms with Crippen LogP contribution in [-0.4, -0.2) is 4.99 Å². The number of rotatable bonds is 1. The fourth-order valence-corrected chi connectivity index (χ4v) is 0.888. The molecular formula is C7H7FN2S. The Hall–Kier alpha value is -1.16. The molecule has 0 aliphatic carbocycles. The van der Waals surface area contributed by atoms with E-state index >= 15 is 0 Å². The smallest absolute Gasteiger partial charge is 0.133 e. The zero-order valence-electron chi connectivity index (χ0n) is 5.67. The Bertz CT molecular complexity index is 298. The van der Waals surface area contributed by atoms with Gasteiger partial charge in [0, 0.05) is 11.3 Å². The van der Waals surface area contributed by atoms with E-state index < -0.39 is 5.82 Å². The van der Waals surface area contributed by atoms with Crippen LogP contribution < -0.4 is 11.5 Å². The molecule has 11 heavy (non-hydrogen) atoms. The molecule has 0 atom stereocenters. The molecule has 4 N–H and O–H groups in total. The molecule has 0 fully saturated rings. The van der Waals surface area contributed by atoms with Crippen molar-refractivity contribution in [1.82, 2.24) is 0 Å². The van der Waals surface area contributed by atoms with Crippen LogP contribution in [0.1, 0.15) is 5.56 Å². The van der Waals surface area contributed by atoms with E-state index in [4.69, 9.17) is 11.5 Å². The van der Waals surface area contributed by atoms with E-state index in [1.54, 1.807) is 0 Å². The Kier molecular flexibility index (Phi) is 2.05. The first-order valence-electron chi connectivity index (χ1n) is 2.96. The highest BCUT2D eigenvalue weighted by molar-refractivity contribution is 7.80. The van der Waals surface area contributed by atoms with Gasteiger partial charge in [-0.15, -0.1) is 0 Å². The normalized spacial score (nSPS) is 9.55. The van der Waals surface area contributed by atoms with Gasteiger partial charge in [-0.3, -0.25) is 0 Å². The summed E-state index contributed by atoms with van der Waals surface area (Å²) < 4.78 is 12.8. The Morgan fingerprint density at radius 1 is 1.45 bits per heavy atom. The third-order valence-electron chi connectivity index (χ3n) is 1.26. The van der Waals surface area contributed by atoms with Crippen molar-refractivity contribution in [2.45, 2.75) is 0 Å². The minimum atomic E-state index is -0.438. The number of thiocarbonyl (C=S) groups is 1. The number of hydrogen-bond donors (Lipinski definition) is 2. The summed E-state index contributed by atoms with van der Waals surface area (Å²) in [6, 6.07) is 4.11. The van der Waals surface area contributed by atoms with Gasteiger partial charge in [0.15, 0.2) is 0 Å². The highest BCUT2D eigenvalue weighted by Gasteiger charge is 2.03. The summed E-state index contributed by atoms with van der Waals surface area (Å²) in [5.74, 6) is -0.438. The second-order valence-electron chi connectivity index (χ2n) is 2.10. The number of anilines is 1. The summed E-state index contributed by atoms with van der Waals surface area (Å²) >= 11 is 4.59. The third-order valence-corrected chi connectivity index (χ3v) is 1.48. The second kappa shape index (κ2) is 2.84. The van der Waals surface area contributed by atoms with Gasteiger partial charge in [-0.05, 0) is 18.2 Å². The van der Waals surface area contributed by atoms with Gasteiger partial charge in [-0.1, -0.05) is 12.2 Å². The Morgan fingerprint density at radius 3 is 2.55 bits per heavy atom. The van der Waals surface area contributed by atoms with Crippen molar-refractivity contribution < 1.29 is 4.39 Å². The molecule has 0 aromatic heterocycles. The largest absolute Gasteiger partial charge is 0.399 e. The quantitative estimate of drug-likeness (QED) is 0.489. The summed E-state index contributed by atoms with van der Waals surface area (Å²) in [5.41, 5.74) is 11.3. The Labute approximate surface area is 69.0 Å². The van der Waals surface area contributed by atoms with E-state index in [1.807, 2.05) is 0 Å². The van der Waals surface area contributed by atoms with Gasteiger partial charge in [-0.25, -0.2) is 4.39 Å². The summed E-state index contributed by atoms with van der Waals surface area (Å²) in [5, 5.41) is 0. The maximum Gasteiger partial charge on any atom is 0.133 e. The van der Waals surface area contributed by atoms with E-state index in [-0.39, 0.29) is 10.6 Å². The highest BCUT2D eigenvalue weighted by Crippen LogP contribution is 2.11. The van der Waals surface area contributed by atoms with Crippen LogP contribution in [0.5, 0.6) is 0 Å². The molecule has 0 amide bonds. The molecule has 1 rings (SSSR count). The molecule has 0 spiro atoms. The van der Waals surface area contributed by atoms with Gasteiger partial charge in [-0.2, -0.15) is 0 Å². The topological polar surface area (TPSA) is 52.0 Å². The van der Waals surface area contributed by atoms with Crippen LogP contribution in [0.15, 0.2) is 18.2 Å². The standard InChI is InChI=1S/C7H7FN2S/c8-6-2-1-4(9)3-5(6)7(10)11/h1-3H,9H2,(H2,10,11). The molecule has 1 aromatic carbocycles. The van der Waals surface area contributed by atoms with E-state index in [0.29, 0.717) is 5.69 Å². The molecular weight excluding hydrogens is 163 g/mol. The molecule has 0 bridgehead atoms. The molecule has 2 nitrogen and oxygen atoms in total. The van der Waals surface area contributed by atoms with Crippen molar-refractivity contribution in [2.75, 3.05) is 5.73 Å². The lowest BCUT2D eigenvalue weighted by molar-refractivity contribution is 0.626. The van der Waals surface area contributed by atoms with Crippen LogP contribution >= 0.6 is 12.2 Å². The monoisotopic (exact) mass is 170 g/mol. The van der Waals surface area contributed by atoms with Crippen molar-refractivity contribution in [3.05, 3.63) is 29.6 Å². The first-order valence-corrected chi connectivity index (χ1v) is 3.37. The van der Waals surface area contributed by atoms with Crippen molar-refractivity contribution in [3.8, 4) is 0 Å². The van der Waals surface area contributed by atoms with Crippen LogP contribution in [0.3, 0.4) is 0 Å². The first kappa shape index (κ1) is 7.94. The summed E-state index contributed by atoms with van der Waals surface area (Å²) in [7, 11) is 0. The molecule has 0 aliphatic heterocycles. The third kappa shape index (κ3) is 1.65. The van der Waals surface area contributed by atoms with Crippen LogP contribution in [0, 0.1) is 5.82 Å². The summed E-state index contributed by atoms with van der Waals surface area (Å²) in [4.78, 5) is 0.0230. The minimum absolute atomic E-state index is 0.0230. The zero-order valence-corrected chi connectivity index (χ0v) is 6.49. The number of halogens is 1.